The van der Waals surface area contributed by atoms with E-state index in [1.165, 1.54) is 29.5 Å². The van der Waals surface area contributed by atoms with Gasteiger partial charge in [0.15, 0.2) is 10.2 Å². The smallest absolute Gasteiger partial charge is 0.282 e. The van der Waals surface area contributed by atoms with Crippen LogP contribution in [0.1, 0.15) is 10.4 Å². The molecule has 1 heterocycles. The van der Waals surface area contributed by atoms with E-state index in [0.717, 1.165) is 0 Å². The fraction of sp³-hybridized carbons (Fsp3) is 0. The largest absolute Gasteiger partial charge is 0.308 e. The number of thiocarbonyl (C=S) groups is 1. The number of nitro benzene ring substituents is 1. The molecule has 20 heavy (non-hydrogen) atoms. The van der Waals surface area contributed by atoms with E-state index >= 15 is 0 Å². The second-order valence-corrected chi connectivity index (χ2v) is 4.82. The molecule has 0 atom stereocenters. The second kappa shape index (κ2) is 6.17. The van der Waals surface area contributed by atoms with Crippen molar-refractivity contribution in [3.05, 3.63) is 51.5 Å². The lowest BCUT2D eigenvalue weighted by atomic mass is 10.1. The highest BCUT2D eigenvalue weighted by molar-refractivity contribution is 7.80. The van der Waals surface area contributed by atoms with Crippen LogP contribution in [-0.4, -0.2) is 20.9 Å². The Hall–Kier alpha value is -2.39. The average molecular weight is 308 g/mol. The molecule has 1 amide bonds. The summed E-state index contributed by atoms with van der Waals surface area (Å²) in [6, 6.07) is 5.64. The summed E-state index contributed by atoms with van der Waals surface area (Å²) in [6.07, 6.45) is 1.58. The number of anilines is 1. The van der Waals surface area contributed by atoms with Gasteiger partial charge in [-0.05, 0) is 18.3 Å². The van der Waals surface area contributed by atoms with Crippen LogP contribution in [0.15, 0.2) is 35.8 Å². The van der Waals surface area contributed by atoms with Gasteiger partial charge in [-0.15, -0.1) is 11.3 Å². The summed E-state index contributed by atoms with van der Waals surface area (Å²) in [6.45, 7) is 0. The molecule has 0 saturated carbocycles. The van der Waals surface area contributed by atoms with Crippen molar-refractivity contribution in [2.75, 3.05) is 5.32 Å². The summed E-state index contributed by atoms with van der Waals surface area (Å²) < 4.78 is 0. The Labute approximate surface area is 122 Å². The zero-order chi connectivity index (χ0) is 14.5. The van der Waals surface area contributed by atoms with Crippen molar-refractivity contribution < 1.29 is 9.72 Å². The molecule has 2 aromatic rings. The average Bonchev–Trinajstić information content (AvgIpc) is 2.91. The summed E-state index contributed by atoms with van der Waals surface area (Å²) in [5.41, 5.74) is -0.331. The van der Waals surface area contributed by atoms with Crippen LogP contribution in [-0.2, 0) is 0 Å². The van der Waals surface area contributed by atoms with Crippen molar-refractivity contribution in [2.24, 2.45) is 0 Å². The SMILES string of the molecule is O=C(NC(=S)Nc1nccs1)c1ccccc1[N+](=O)[O-]. The number of aromatic nitrogens is 1. The molecule has 0 aliphatic heterocycles. The molecule has 0 bridgehead atoms. The molecule has 0 fully saturated rings. The number of benzene rings is 1. The van der Waals surface area contributed by atoms with E-state index in [0.29, 0.717) is 5.13 Å². The van der Waals surface area contributed by atoms with E-state index in [4.69, 9.17) is 12.2 Å². The third kappa shape index (κ3) is 3.33. The number of thiazole rings is 1. The van der Waals surface area contributed by atoms with E-state index in [9.17, 15) is 14.9 Å². The number of nitro groups is 1. The quantitative estimate of drug-likeness (QED) is 0.512. The maximum atomic E-state index is 11.9. The summed E-state index contributed by atoms with van der Waals surface area (Å²) in [7, 11) is 0. The fourth-order valence-electron chi connectivity index (χ4n) is 1.41. The topological polar surface area (TPSA) is 97.2 Å². The molecular formula is C11H8N4O3S2. The summed E-state index contributed by atoms with van der Waals surface area (Å²) in [4.78, 5) is 26.1. The van der Waals surface area contributed by atoms with Gasteiger partial charge in [0.05, 0.1) is 4.92 Å². The number of para-hydroxylation sites is 1. The lowest BCUT2D eigenvalue weighted by Crippen LogP contribution is -2.34. The minimum Gasteiger partial charge on any atom is -0.308 e. The molecule has 0 saturated heterocycles. The molecule has 9 heteroatoms. The first-order valence-corrected chi connectivity index (χ1v) is 6.62. The molecule has 7 nitrogen and oxygen atoms in total. The van der Waals surface area contributed by atoms with Gasteiger partial charge < -0.3 is 5.32 Å². The molecule has 0 aliphatic carbocycles. The predicted molar refractivity (Wildman–Crippen MR) is 78.9 cm³/mol. The Kier molecular flexibility index (Phi) is 4.33. The van der Waals surface area contributed by atoms with Gasteiger partial charge in [-0.3, -0.25) is 20.2 Å². The van der Waals surface area contributed by atoms with E-state index in [1.807, 2.05) is 0 Å². The molecule has 0 radical (unpaired) electrons. The zero-order valence-corrected chi connectivity index (χ0v) is 11.5. The van der Waals surface area contributed by atoms with Crippen LogP contribution in [0.2, 0.25) is 0 Å². The number of hydrogen-bond donors (Lipinski definition) is 2. The van der Waals surface area contributed by atoms with Crippen molar-refractivity contribution in [2.45, 2.75) is 0 Å². The zero-order valence-electron chi connectivity index (χ0n) is 9.90. The summed E-state index contributed by atoms with van der Waals surface area (Å²) >= 11 is 6.25. The Bertz CT molecular complexity index is 657. The Morgan fingerprint density at radius 2 is 2.15 bits per heavy atom. The number of carbonyl (C=O) groups excluding carboxylic acids is 1. The van der Waals surface area contributed by atoms with Gasteiger partial charge in [0.1, 0.15) is 5.56 Å². The van der Waals surface area contributed by atoms with Gasteiger partial charge in [-0.25, -0.2) is 4.98 Å². The fourth-order valence-corrected chi connectivity index (χ4v) is 2.20. The summed E-state index contributed by atoms with van der Waals surface area (Å²) in [5, 5.41) is 18.2. The molecule has 2 N–H and O–H groups in total. The van der Waals surface area contributed by atoms with E-state index in [2.05, 4.69) is 15.6 Å². The maximum absolute atomic E-state index is 11.9. The number of carbonyl (C=O) groups is 1. The molecule has 0 unspecified atom stereocenters. The Balaban J connectivity index is 2.09. The first-order chi connectivity index (χ1) is 9.58. The highest BCUT2D eigenvalue weighted by Crippen LogP contribution is 2.17. The van der Waals surface area contributed by atoms with Crippen molar-refractivity contribution >= 4 is 45.4 Å². The van der Waals surface area contributed by atoms with Gasteiger partial charge in [0.25, 0.3) is 11.6 Å². The van der Waals surface area contributed by atoms with Crippen molar-refractivity contribution in [3.63, 3.8) is 0 Å². The summed E-state index contributed by atoms with van der Waals surface area (Å²) in [5.74, 6) is -0.647. The minimum atomic E-state index is -0.647. The van der Waals surface area contributed by atoms with Crippen LogP contribution in [0, 0.1) is 10.1 Å². The van der Waals surface area contributed by atoms with Gasteiger partial charge in [0.2, 0.25) is 0 Å². The first kappa shape index (κ1) is 14.0. The Morgan fingerprint density at radius 1 is 1.40 bits per heavy atom. The standard InChI is InChI=1S/C11H8N4O3S2/c16-9(7-3-1-2-4-8(7)15(17)18)13-10(19)14-11-12-5-6-20-11/h1-6H,(H2,12,13,14,16,19). The van der Waals surface area contributed by atoms with Gasteiger partial charge in [-0.2, -0.15) is 0 Å². The van der Waals surface area contributed by atoms with E-state index in [1.54, 1.807) is 17.6 Å². The van der Waals surface area contributed by atoms with Crippen molar-refractivity contribution in [1.29, 1.82) is 0 Å². The third-order valence-corrected chi connectivity index (χ3v) is 3.12. The maximum Gasteiger partial charge on any atom is 0.282 e. The molecular weight excluding hydrogens is 300 g/mol. The predicted octanol–water partition coefficient (Wildman–Crippen LogP) is 2.18. The van der Waals surface area contributed by atoms with Gasteiger partial charge in [-0.1, -0.05) is 12.1 Å². The highest BCUT2D eigenvalue weighted by Gasteiger charge is 2.19. The van der Waals surface area contributed by atoms with Crippen LogP contribution >= 0.6 is 23.6 Å². The number of rotatable bonds is 3. The molecule has 2 rings (SSSR count). The molecule has 1 aromatic heterocycles. The minimum absolute atomic E-state index is 0.0306. The molecule has 0 aliphatic rings. The number of amides is 1. The third-order valence-electron chi connectivity index (χ3n) is 2.23. The highest BCUT2D eigenvalue weighted by atomic mass is 32.1. The van der Waals surface area contributed by atoms with E-state index in [-0.39, 0.29) is 16.4 Å². The first-order valence-electron chi connectivity index (χ1n) is 5.33. The van der Waals surface area contributed by atoms with Gasteiger partial charge in [0, 0.05) is 17.6 Å². The monoisotopic (exact) mass is 308 g/mol. The molecule has 0 spiro atoms. The number of nitrogens with one attached hydrogen (secondary N) is 2. The Morgan fingerprint density at radius 3 is 2.80 bits per heavy atom. The van der Waals surface area contributed by atoms with Crippen LogP contribution in [0.25, 0.3) is 0 Å². The van der Waals surface area contributed by atoms with Crippen molar-refractivity contribution in [1.82, 2.24) is 10.3 Å². The second-order valence-electron chi connectivity index (χ2n) is 3.52. The van der Waals surface area contributed by atoms with Crippen LogP contribution < -0.4 is 10.6 Å². The number of nitrogens with zero attached hydrogens (tertiary/aromatic N) is 2. The lowest BCUT2D eigenvalue weighted by Gasteiger charge is -2.07. The normalized spacial score (nSPS) is 9.80. The van der Waals surface area contributed by atoms with Crippen LogP contribution in [0.4, 0.5) is 10.8 Å². The van der Waals surface area contributed by atoms with Crippen LogP contribution in [0.5, 0.6) is 0 Å². The lowest BCUT2D eigenvalue weighted by molar-refractivity contribution is -0.385. The van der Waals surface area contributed by atoms with E-state index < -0.39 is 10.8 Å². The van der Waals surface area contributed by atoms with Crippen LogP contribution in [0.3, 0.4) is 0 Å². The number of hydrogen-bond acceptors (Lipinski definition) is 6. The van der Waals surface area contributed by atoms with Crippen molar-refractivity contribution in [3.8, 4) is 0 Å². The van der Waals surface area contributed by atoms with Gasteiger partial charge >= 0.3 is 0 Å². The molecule has 102 valence electrons. The molecule has 1 aromatic carbocycles.